The second kappa shape index (κ2) is 4.53. The van der Waals surface area contributed by atoms with Gasteiger partial charge in [-0.05, 0) is 19.1 Å². The van der Waals surface area contributed by atoms with Gasteiger partial charge in [-0.2, -0.15) is 14.6 Å². The molecule has 100 valence electrons. The summed E-state index contributed by atoms with van der Waals surface area (Å²) in [5.41, 5.74) is -0.105. The molecular weight excluding hydrogens is 278 g/mol. The summed E-state index contributed by atoms with van der Waals surface area (Å²) >= 11 is 1.06. The van der Waals surface area contributed by atoms with Crippen molar-refractivity contribution in [3.8, 4) is 5.75 Å². The van der Waals surface area contributed by atoms with E-state index in [2.05, 4.69) is 10.1 Å². The molecule has 7 heteroatoms. The fourth-order valence-electron chi connectivity index (χ4n) is 1.74. The number of para-hydroxylation sites is 1. The first kappa shape index (κ1) is 12.5. The van der Waals surface area contributed by atoms with Crippen LogP contribution in [0.4, 0.5) is 0 Å². The van der Waals surface area contributed by atoms with Crippen molar-refractivity contribution in [1.29, 1.82) is 0 Å². The third kappa shape index (κ3) is 1.97. The molecule has 2 aromatic heterocycles. The van der Waals surface area contributed by atoms with Gasteiger partial charge in [-0.15, -0.1) is 0 Å². The normalized spacial score (nSPS) is 12.2. The van der Waals surface area contributed by atoms with E-state index in [0.29, 0.717) is 10.1 Å². The van der Waals surface area contributed by atoms with Gasteiger partial charge in [-0.1, -0.05) is 29.5 Å². The summed E-state index contributed by atoms with van der Waals surface area (Å²) < 4.78 is 1.46. The van der Waals surface area contributed by atoms with Crippen molar-refractivity contribution in [1.82, 2.24) is 14.6 Å². The Kier molecular flexibility index (Phi) is 2.83. The molecule has 0 saturated heterocycles. The van der Waals surface area contributed by atoms with Crippen LogP contribution in [-0.4, -0.2) is 19.7 Å². The zero-order valence-electron chi connectivity index (χ0n) is 10.4. The molecule has 20 heavy (non-hydrogen) atoms. The van der Waals surface area contributed by atoms with Crippen LogP contribution < -0.4 is 15.7 Å². The molecule has 0 fully saturated rings. The van der Waals surface area contributed by atoms with Gasteiger partial charge in [0.1, 0.15) is 11.4 Å². The molecule has 0 aliphatic rings. The molecule has 0 spiro atoms. The topological polar surface area (TPSA) is 84.6 Å². The third-order valence-corrected chi connectivity index (χ3v) is 3.72. The molecule has 1 N–H and O–H groups in total. The van der Waals surface area contributed by atoms with Crippen molar-refractivity contribution in [2.24, 2.45) is 0 Å². The number of hydrogen-bond donors (Lipinski definition) is 1. The van der Waals surface area contributed by atoms with E-state index in [1.807, 2.05) is 0 Å². The molecule has 0 unspecified atom stereocenters. The molecule has 0 atom stereocenters. The Bertz CT molecular complexity index is 975. The number of aromatic nitrogens is 3. The SMILES string of the molecule is Cc1nn2c(=O)c(=Cc3ccccc3O)sc2nc1=O. The Labute approximate surface area is 116 Å². The molecule has 1 aromatic carbocycles. The zero-order chi connectivity index (χ0) is 14.3. The highest BCUT2D eigenvalue weighted by Crippen LogP contribution is 2.15. The first-order valence-electron chi connectivity index (χ1n) is 5.76. The lowest BCUT2D eigenvalue weighted by Crippen LogP contribution is -2.27. The molecule has 0 aliphatic carbocycles. The van der Waals surface area contributed by atoms with E-state index in [-0.39, 0.29) is 22.0 Å². The minimum atomic E-state index is -0.444. The predicted molar refractivity (Wildman–Crippen MR) is 75.0 cm³/mol. The van der Waals surface area contributed by atoms with Crippen LogP contribution in [-0.2, 0) is 0 Å². The van der Waals surface area contributed by atoms with Crippen molar-refractivity contribution in [2.75, 3.05) is 0 Å². The monoisotopic (exact) mass is 287 g/mol. The van der Waals surface area contributed by atoms with Crippen LogP contribution in [0.2, 0.25) is 0 Å². The molecular formula is C13H9N3O3S. The first-order chi connectivity index (χ1) is 9.56. The van der Waals surface area contributed by atoms with Crippen molar-refractivity contribution in [3.05, 3.63) is 60.8 Å². The number of benzene rings is 1. The van der Waals surface area contributed by atoms with Gasteiger partial charge in [0.15, 0.2) is 0 Å². The second-order valence-electron chi connectivity index (χ2n) is 4.17. The minimum Gasteiger partial charge on any atom is -0.507 e. The van der Waals surface area contributed by atoms with Gasteiger partial charge in [-0.25, -0.2) is 0 Å². The second-order valence-corrected chi connectivity index (χ2v) is 5.18. The molecule has 0 amide bonds. The van der Waals surface area contributed by atoms with E-state index in [4.69, 9.17) is 0 Å². The van der Waals surface area contributed by atoms with Gasteiger partial charge < -0.3 is 5.11 Å². The van der Waals surface area contributed by atoms with Crippen molar-refractivity contribution in [2.45, 2.75) is 6.92 Å². The third-order valence-electron chi connectivity index (χ3n) is 2.77. The van der Waals surface area contributed by atoms with Crippen LogP contribution >= 0.6 is 11.3 Å². The number of aryl methyl sites for hydroxylation is 1. The van der Waals surface area contributed by atoms with E-state index in [0.717, 1.165) is 15.9 Å². The number of hydrogen-bond acceptors (Lipinski definition) is 6. The summed E-state index contributed by atoms with van der Waals surface area (Å²) in [5.74, 6) is 0.0796. The highest BCUT2D eigenvalue weighted by molar-refractivity contribution is 7.15. The highest BCUT2D eigenvalue weighted by Gasteiger charge is 2.08. The summed E-state index contributed by atoms with van der Waals surface area (Å²) in [6, 6.07) is 6.68. The number of aromatic hydroxyl groups is 1. The molecule has 2 heterocycles. The van der Waals surface area contributed by atoms with Gasteiger partial charge in [0.05, 0.1) is 4.53 Å². The summed E-state index contributed by atoms with van der Waals surface area (Å²) in [4.78, 5) is 27.6. The number of phenols is 1. The number of phenolic OH excluding ortho intramolecular Hbond substituents is 1. The molecule has 3 rings (SSSR count). The summed E-state index contributed by atoms with van der Waals surface area (Å²) in [6.45, 7) is 1.51. The molecule has 3 aromatic rings. The molecule has 0 bridgehead atoms. The van der Waals surface area contributed by atoms with Gasteiger partial charge in [-0.3, -0.25) is 9.59 Å². The van der Waals surface area contributed by atoms with Gasteiger partial charge >= 0.3 is 0 Å². The molecule has 0 saturated carbocycles. The van der Waals surface area contributed by atoms with E-state index >= 15 is 0 Å². The summed E-state index contributed by atoms with van der Waals surface area (Å²) in [6.07, 6.45) is 1.55. The maximum absolute atomic E-state index is 12.2. The number of fused-ring (bicyclic) bond motifs is 1. The predicted octanol–water partition coefficient (Wildman–Crippen LogP) is 0.0729. The zero-order valence-corrected chi connectivity index (χ0v) is 11.2. The molecule has 0 aliphatic heterocycles. The summed E-state index contributed by atoms with van der Waals surface area (Å²) in [7, 11) is 0. The van der Waals surface area contributed by atoms with Crippen LogP contribution in [0.15, 0.2) is 33.9 Å². The van der Waals surface area contributed by atoms with Crippen LogP contribution in [0.1, 0.15) is 11.3 Å². The quantitative estimate of drug-likeness (QED) is 0.685. The fourth-order valence-corrected chi connectivity index (χ4v) is 2.63. The summed E-state index contributed by atoms with van der Waals surface area (Å²) in [5, 5.41) is 13.6. The molecule has 0 radical (unpaired) electrons. The lowest BCUT2D eigenvalue weighted by atomic mass is 10.2. The van der Waals surface area contributed by atoms with Crippen LogP contribution in [0.5, 0.6) is 5.75 Å². The standard InChI is InChI=1S/C13H9N3O3S/c1-7-11(18)14-13-16(15-7)12(19)10(20-13)6-8-4-2-3-5-9(8)17/h2-6,17H,1H3. The average Bonchev–Trinajstić information content (AvgIpc) is 2.70. The highest BCUT2D eigenvalue weighted by atomic mass is 32.1. The van der Waals surface area contributed by atoms with E-state index in [1.54, 1.807) is 24.3 Å². The Hall–Kier alpha value is -2.54. The lowest BCUT2D eigenvalue weighted by molar-refractivity contribution is 0.474. The average molecular weight is 287 g/mol. The smallest absolute Gasteiger partial charge is 0.295 e. The number of rotatable bonds is 1. The maximum atomic E-state index is 12.2. The van der Waals surface area contributed by atoms with E-state index in [1.165, 1.54) is 13.0 Å². The van der Waals surface area contributed by atoms with Crippen LogP contribution in [0.25, 0.3) is 11.0 Å². The fraction of sp³-hybridized carbons (Fsp3) is 0.0769. The lowest BCUT2D eigenvalue weighted by Gasteiger charge is -1.94. The van der Waals surface area contributed by atoms with Crippen molar-refractivity contribution in [3.63, 3.8) is 0 Å². The van der Waals surface area contributed by atoms with Crippen molar-refractivity contribution >= 4 is 22.4 Å². The van der Waals surface area contributed by atoms with Gasteiger partial charge in [0, 0.05) is 5.56 Å². The molecule has 6 nitrogen and oxygen atoms in total. The Morgan fingerprint density at radius 1 is 1.30 bits per heavy atom. The van der Waals surface area contributed by atoms with Crippen LogP contribution in [0, 0.1) is 6.92 Å². The first-order valence-corrected chi connectivity index (χ1v) is 6.58. The van der Waals surface area contributed by atoms with E-state index < -0.39 is 5.56 Å². The Morgan fingerprint density at radius 2 is 2.05 bits per heavy atom. The van der Waals surface area contributed by atoms with Crippen LogP contribution in [0.3, 0.4) is 0 Å². The Balaban J connectivity index is 2.34. The number of thiazole rings is 1. The Morgan fingerprint density at radius 3 is 2.80 bits per heavy atom. The van der Waals surface area contributed by atoms with Gasteiger partial charge in [0.2, 0.25) is 4.96 Å². The maximum Gasteiger partial charge on any atom is 0.295 e. The number of nitrogens with zero attached hydrogens (tertiary/aromatic N) is 3. The van der Waals surface area contributed by atoms with Crippen molar-refractivity contribution < 1.29 is 5.11 Å². The largest absolute Gasteiger partial charge is 0.507 e. The van der Waals surface area contributed by atoms with Gasteiger partial charge in [0.25, 0.3) is 11.1 Å². The van der Waals surface area contributed by atoms with E-state index in [9.17, 15) is 14.7 Å². The minimum absolute atomic E-state index is 0.0796.